The molecule has 1 heterocycles. The Morgan fingerprint density at radius 3 is 2.52 bits per heavy atom. The number of anilines is 2. The van der Waals surface area contributed by atoms with Gasteiger partial charge in [-0.1, -0.05) is 15.9 Å². The molecule has 2 amide bonds. The van der Waals surface area contributed by atoms with Crippen LogP contribution < -0.4 is 19.8 Å². The van der Waals surface area contributed by atoms with Gasteiger partial charge >= 0.3 is 0 Å². The van der Waals surface area contributed by atoms with E-state index in [2.05, 4.69) is 26.3 Å². The van der Waals surface area contributed by atoms with Crippen LogP contribution in [0.5, 0.6) is 11.5 Å². The van der Waals surface area contributed by atoms with Crippen LogP contribution >= 0.6 is 15.9 Å². The number of ether oxygens (including phenoxy) is 2. The normalized spacial score (nSPS) is 13.8. The maximum absolute atomic E-state index is 12.7. The van der Waals surface area contributed by atoms with Crippen LogP contribution in [-0.2, 0) is 9.59 Å². The van der Waals surface area contributed by atoms with Gasteiger partial charge in [-0.15, -0.1) is 0 Å². The van der Waals surface area contributed by atoms with E-state index in [0.29, 0.717) is 22.9 Å². The lowest BCUT2D eigenvalue weighted by Crippen LogP contribution is -2.36. The number of hydrogen-bond acceptors (Lipinski definition) is 5. The van der Waals surface area contributed by atoms with E-state index >= 15 is 0 Å². The molecule has 1 N–H and O–H groups in total. The Morgan fingerprint density at radius 2 is 1.85 bits per heavy atom. The predicted octanol–water partition coefficient (Wildman–Crippen LogP) is 3.59. The Kier molecular flexibility index (Phi) is 5.75. The Morgan fingerprint density at radius 1 is 1.11 bits per heavy atom. The monoisotopic (exact) mass is 431 g/mol. The molecule has 0 aromatic heterocycles. The first kappa shape index (κ1) is 18.9. The molecule has 27 heavy (non-hydrogen) atoms. The highest BCUT2D eigenvalue weighted by Gasteiger charge is 2.26. The molecule has 0 atom stereocenters. The number of carbonyl (C=O) groups is 2. The average molecular weight is 432 g/mol. The van der Waals surface area contributed by atoms with Gasteiger partial charge in [0.05, 0.1) is 25.6 Å². The van der Waals surface area contributed by atoms with Crippen molar-refractivity contribution in [1.82, 2.24) is 0 Å². The van der Waals surface area contributed by atoms with E-state index in [1.165, 1.54) is 12.1 Å². The quantitative estimate of drug-likeness (QED) is 0.783. The zero-order valence-corrected chi connectivity index (χ0v) is 16.4. The summed E-state index contributed by atoms with van der Waals surface area (Å²) in [5, 5.41) is 8.30. The third-order valence-electron chi connectivity index (χ3n) is 4.02. The minimum Gasteiger partial charge on any atom is -0.497 e. The van der Waals surface area contributed by atoms with Crippen LogP contribution in [0.1, 0.15) is 12.8 Å². The number of carbonyl (C=O) groups excluding carboxylic acids is 2. The zero-order chi connectivity index (χ0) is 19.4. The number of nitrogens with one attached hydrogen (secondary N) is 1. The van der Waals surface area contributed by atoms with Crippen LogP contribution in [0.15, 0.2) is 52.0 Å². The van der Waals surface area contributed by atoms with Crippen LogP contribution in [0.3, 0.4) is 0 Å². The molecule has 0 unspecified atom stereocenters. The Balaban J connectivity index is 1.83. The second-order valence-corrected chi connectivity index (χ2v) is 6.66. The molecule has 8 heteroatoms. The molecule has 0 spiro atoms. The summed E-state index contributed by atoms with van der Waals surface area (Å²) in [7, 11) is 3.06. The van der Waals surface area contributed by atoms with Gasteiger partial charge in [0.15, 0.2) is 0 Å². The lowest BCUT2D eigenvalue weighted by molar-refractivity contribution is -0.118. The van der Waals surface area contributed by atoms with Crippen molar-refractivity contribution >= 4 is 44.8 Å². The molecule has 2 aromatic carbocycles. The van der Waals surface area contributed by atoms with Gasteiger partial charge < -0.3 is 14.8 Å². The first-order chi connectivity index (χ1) is 13.0. The van der Waals surface area contributed by atoms with Crippen LogP contribution in [0, 0.1) is 0 Å². The topological polar surface area (TPSA) is 80.2 Å². The summed E-state index contributed by atoms with van der Waals surface area (Å²) in [6.45, 7) is 0. The third kappa shape index (κ3) is 4.28. The third-order valence-corrected chi connectivity index (χ3v) is 4.55. The number of amides is 2. The first-order valence-electron chi connectivity index (χ1n) is 8.21. The van der Waals surface area contributed by atoms with E-state index in [1.54, 1.807) is 37.4 Å². The molecule has 2 aromatic rings. The van der Waals surface area contributed by atoms with Crippen LogP contribution in [-0.4, -0.2) is 31.7 Å². The van der Waals surface area contributed by atoms with E-state index in [0.717, 1.165) is 4.47 Å². The number of hydrazone groups is 1. The van der Waals surface area contributed by atoms with Crippen LogP contribution in [0.4, 0.5) is 11.4 Å². The number of benzene rings is 2. The second-order valence-electron chi connectivity index (χ2n) is 5.75. The highest BCUT2D eigenvalue weighted by Crippen LogP contribution is 2.29. The highest BCUT2D eigenvalue weighted by atomic mass is 79.9. The summed E-state index contributed by atoms with van der Waals surface area (Å²) in [6, 6.07) is 12.2. The summed E-state index contributed by atoms with van der Waals surface area (Å²) >= 11 is 3.36. The van der Waals surface area contributed by atoms with Crippen molar-refractivity contribution < 1.29 is 19.1 Å². The molecular weight excluding hydrogens is 414 g/mol. The molecule has 0 bridgehead atoms. The maximum atomic E-state index is 12.7. The van der Waals surface area contributed by atoms with Crippen LogP contribution in [0.2, 0.25) is 0 Å². The van der Waals surface area contributed by atoms with Crippen molar-refractivity contribution in [3.63, 3.8) is 0 Å². The number of rotatable bonds is 5. The minimum atomic E-state index is -0.381. The highest BCUT2D eigenvalue weighted by molar-refractivity contribution is 9.10. The smallest absolute Gasteiger partial charge is 0.271 e. The number of nitrogens with zero attached hydrogens (tertiary/aromatic N) is 2. The largest absolute Gasteiger partial charge is 0.497 e. The molecule has 0 aliphatic carbocycles. The standard InChI is InChI=1S/C19H18BrN3O4/c1-26-14-7-8-15(17(11-14)27-2)21-19(25)16-9-10-18(24)23(22-16)13-5-3-12(20)4-6-13/h3-8,11H,9-10H2,1-2H3,(H,21,25). The van der Waals surface area contributed by atoms with Gasteiger partial charge in [0.25, 0.3) is 5.91 Å². The maximum Gasteiger partial charge on any atom is 0.271 e. The number of hydrogen-bond donors (Lipinski definition) is 1. The lowest BCUT2D eigenvalue weighted by Gasteiger charge is -2.23. The van der Waals surface area contributed by atoms with Gasteiger partial charge in [-0.3, -0.25) is 9.59 Å². The van der Waals surface area contributed by atoms with Gasteiger partial charge in [-0.05, 0) is 36.4 Å². The molecule has 1 aliphatic rings. The first-order valence-corrected chi connectivity index (χ1v) is 9.00. The number of methoxy groups -OCH3 is 2. The zero-order valence-electron chi connectivity index (χ0n) is 14.9. The van der Waals surface area contributed by atoms with Crippen LogP contribution in [0.25, 0.3) is 0 Å². The minimum absolute atomic E-state index is 0.157. The summed E-state index contributed by atoms with van der Waals surface area (Å²) in [5.74, 6) is 0.552. The fourth-order valence-electron chi connectivity index (χ4n) is 2.60. The molecule has 140 valence electrons. The Bertz CT molecular complexity index is 896. The molecule has 0 saturated carbocycles. The van der Waals surface area contributed by atoms with Gasteiger partial charge in [-0.2, -0.15) is 5.10 Å². The van der Waals surface area contributed by atoms with E-state index in [-0.39, 0.29) is 30.4 Å². The molecule has 0 saturated heterocycles. The predicted molar refractivity (Wildman–Crippen MR) is 106 cm³/mol. The Labute approximate surface area is 165 Å². The van der Waals surface area contributed by atoms with E-state index in [9.17, 15) is 9.59 Å². The van der Waals surface area contributed by atoms with Gasteiger partial charge in [-0.25, -0.2) is 5.01 Å². The van der Waals surface area contributed by atoms with Crippen molar-refractivity contribution in [3.8, 4) is 11.5 Å². The number of halogens is 1. The molecule has 7 nitrogen and oxygen atoms in total. The fraction of sp³-hybridized carbons (Fsp3) is 0.211. The molecule has 0 radical (unpaired) electrons. The van der Waals surface area contributed by atoms with Crippen molar-refractivity contribution in [3.05, 3.63) is 46.9 Å². The molecule has 0 fully saturated rings. The second kappa shape index (κ2) is 8.22. The van der Waals surface area contributed by atoms with Gasteiger partial charge in [0, 0.05) is 23.4 Å². The summed E-state index contributed by atoms with van der Waals surface area (Å²) in [4.78, 5) is 24.9. The fourth-order valence-corrected chi connectivity index (χ4v) is 2.86. The van der Waals surface area contributed by atoms with Crippen molar-refractivity contribution in [2.24, 2.45) is 5.10 Å². The summed E-state index contributed by atoms with van der Waals surface area (Å²) in [6.07, 6.45) is 0.484. The summed E-state index contributed by atoms with van der Waals surface area (Å²) in [5.41, 5.74) is 1.38. The van der Waals surface area contributed by atoms with Crippen molar-refractivity contribution in [1.29, 1.82) is 0 Å². The Hall–Kier alpha value is -2.87. The SMILES string of the molecule is COc1ccc(NC(=O)C2=NN(c3ccc(Br)cc3)C(=O)CC2)c(OC)c1. The molecule has 3 rings (SSSR count). The van der Waals surface area contributed by atoms with Crippen molar-refractivity contribution in [2.45, 2.75) is 12.8 Å². The van der Waals surface area contributed by atoms with Gasteiger partial charge in [0.1, 0.15) is 17.2 Å². The molecule has 1 aliphatic heterocycles. The lowest BCUT2D eigenvalue weighted by atomic mass is 10.1. The molecular formula is C19H18BrN3O4. The van der Waals surface area contributed by atoms with E-state index in [1.807, 2.05) is 12.1 Å². The summed E-state index contributed by atoms with van der Waals surface area (Å²) < 4.78 is 11.3. The van der Waals surface area contributed by atoms with Gasteiger partial charge in [0.2, 0.25) is 5.91 Å². The van der Waals surface area contributed by atoms with E-state index < -0.39 is 0 Å². The van der Waals surface area contributed by atoms with E-state index in [4.69, 9.17) is 9.47 Å². The van der Waals surface area contributed by atoms with Crippen molar-refractivity contribution in [2.75, 3.05) is 24.5 Å². The average Bonchev–Trinajstić information content (AvgIpc) is 2.69.